The zero-order valence-corrected chi connectivity index (χ0v) is 6.76. The molecule has 12 heavy (non-hydrogen) atoms. The van der Waals surface area contributed by atoms with Gasteiger partial charge in [0.15, 0.2) is 0 Å². The van der Waals surface area contributed by atoms with E-state index >= 15 is 0 Å². The summed E-state index contributed by atoms with van der Waals surface area (Å²) in [6, 6.07) is 0. The molecule has 2 nitrogen and oxygen atoms in total. The largest absolute Gasteiger partial charge is 0.375 e. The molecule has 0 fully saturated rings. The van der Waals surface area contributed by atoms with Crippen LogP contribution in [0.25, 0.3) is 0 Å². The van der Waals surface area contributed by atoms with Crippen molar-refractivity contribution in [1.82, 2.24) is 0 Å². The van der Waals surface area contributed by atoms with E-state index < -0.39 is 13.0 Å². The summed E-state index contributed by atoms with van der Waals surface area (Å²) in [5.74, 6) is -0.0423. The van der Waals surface area contributed by atoms with Crippen LogP contribution in [-0.4, -0.2) is 25.4 Å². The van der Waals surface area contributed by atoms with Crippen molar-refractivity contribution >= 4 is 5.78 Å². The highest BCUT2D eigenvalue weighted by atomic mass is 19.3. The van der Waals surface area contributed by atoms with Crippen LogP contribution in [0.4, 0.5) is 8.78 Å². The lowest BCUT2D eigenvalue weighted by Crippen LogP contribution is -2.08. The van der Waals surface area contributed by atoms with Gasteiger partial charge in [0.05, 0.1) is 6.61 Å². The van der Waals surface area contributed by atoms with Gasteiger partial charge in [-0.3, -0.25) is 4.79 Å². The normalized spacial score (nSPS) is 10.2. The first-order valence-corrected chi connectivity index (χ1v) is 3.65. The van der Waals surface area contributed by atoms with Gasteiger partial charge in [-0.1, -0.05) is 6.08 Å². The lowest BCUT2D eigenvalue weighted by Gasteiger charge is -2.01. The topological polar surface area (TPSA) is 26.3 Å². The molecule has 0 bridgehead atoms. The quantitative estimate of drug-likeness (QED) is 0.439. The average Bonchev–Trinajstić information content (AvgIpc) is 1.98. The van der Waals surface area contributed by atoms with Gasteiger partial charge in [-0.05, 0) is 0 Å². The standard InChI is InChI=1S/C8H12F2O2/c1-2-3-7(11)4-5-12-6-8(9)10/h2,8H,1,3-6H2. The first-order chi connectivity index (χ1) is 5.66. The number of halogens is 2. The van der Waals surface area contributed by atoms with Crippen LogP contribution in [0.5, 0.6) is 0 Å². The molecule has 0 aliphatic heterocycles. The maximum atomic E-state index is 11.5. The van der Waals surface area contributed by atoms with E-state index in [0.717, 1.165) is 0 Å². The van der Waals surface area contributed by atoms with E-state index in [-0.39, 0.29) is 25.2 Å². The molecular formula is C8H12F2O2. The molecule has 4 heteroatoms. The van der Waals surface area contributed by atoms with Gasteiger partial charge in [-0.2, -0.15) is 0 Å². The fraction of sp³-hybridized carbons (Fsp3) is 0.625. The Hall–Kier alpha value is -0.770. The number of alkyl halides is 2. The predicted octanol–water partition coefficient (Wildman–Crippen LogP) is 1.80. The first-order valence-electron chi connectivity index (χ1n) is 3.65. The Morgan fingerprint density at radius 3 is 2.75 bits per heavy atom. The molecule has 0 radical (unpaired) electrons. The Kier molecular flexibility index (Phi) is 6.47. The maximum Gasteiger partial charge on any atom is 0.261 e. The number of carbonyl (C=O) groups is 1. The number of rotatable bonds is 7. The summed E-state index contributed by atoms with van der Waals surface area (Å²) in [7, 11) is 0. The molecule has 0 aromatic rings. The molecule has 0 saturated carbocycles. The van der Waals surface area contributed by atoms with E-state index in [4.69, 9.17) is 0 Å². The predicted molar refractivity (Wildman–Crippen MR) is 41.3 cm³/mol. The van der Waals surface area contributed by atoms with Crippen LogP contribution in [-0.2, 0) is 9.53 Å². The molecule has 0 rings (SSSR count). The monoisotopic (exact) mass is 178 g/mol. The van der Waals surface area contributed by atoms with Crippen LogP contribution in [0.3, 0.4) is 0 Å². The van der Waals surface area contributed by atoms with Crippen molar-refractivity contribution in [3.8, 4) is 0 Å². The fourth-order valence-electron chi connectivity index (χ4n) is 0.621. The van der Waals surface area contributed by atoms with Crippen LogP contribution >= 0.6 is 0 Å². The molecule has 0 saturated heterocycles. The second-order valence-corrected chi connectivity index (χ2v) is 2.25. The van der Waals surface area contributed by atoms with Crippen molar-refractivity contribution < 1.29 is 18.3 Å². The van der Waals surface area contributed by atoms with Crippen molar-refractivity contribution in [3.05, 3.63) is 12.7 Å². The molecule has 0 heterocycles. The van der Waals surface area contributed by atoms with Gasteiger partial charge in [0, 0.05) is 12.8 Å². The molecule has 0 amide bonds. The Morgan fingerprint density at radius 1 is 1.58 bits per heavy atom. The number of allylic oxidation sites excluding steroid dienone is 1. The van der Waals surface area contributed by atoms with Crippen molar-refractivity contribution in [2.24, 2.45) is 0 Å². The third kappa shape index (κ3) is 7.34. The Balaban J connectivity index is 3.19. The van der Waals surface area contributed by atoms with E-state index in [9.17, 15) is 13.6 Å². The average molecular weight is 178 g/mol. The van der Waals surface area contributed by atoms with Crippen LogP contribution < -0.4 is 0 Å². The van der Waals surface area contributed by atoms with Crippen LogP contribution in [0.1, 0.15) is 12.8 Å². The molecule has 0 aliphatic rings. The third-order valence-corrected chi connectivity index (χ3v) is 1.14. The van der Waals surface area contributed by atoms with Crippen molar-refractivity contribution in [2.75, 3.05) is 13.2 Å². The molecule has 0 N–H and O–H groups in total. The summed E-state index contributed by atoms with van der Waals surface area (Å²) >= 11 is 0. The van der Waals surface area contributed by atoms with Crippen LogP contribution in [0.2, 0.25) is 0 Å². The Labute approximate surface area is 70.2 Å². The molecule has 0 aliphatic carbocycles. The highest BCUT2D eigenvalue weighted by Crippen LogP contribution is 1.95. The first kappa shape index (κ1) is 11.2. The van der Waals surface area contributed by atoms with E-state index in [2.05, 4.69) is 11.3 Å². The van der Waals surface area contributed by atoms with Gasteiger partial charge in [-0.25, -0.2) is 8.78 Å². The second kappa shape index (κ2) is 6.91. The molecule has 0 spiro atoms. The third-order valence-electron chi connectivity index (χ3n) is 1.14. The minimum atomic E-state index is -2.46. The minimum absolute atomic E-state index is 0.0423. The Bertz CT molecular complexity index is 146. The molecule has 0 atom stereocenters. The smallest absolute Gasteiger partial charge is 0.261 e. The zero-order chi connectivity index (χ0) is 9.40. The number of hydrogen-bond donors (Lipinski definition) is 0. The fourth-order valence-corrected chi connectivity index (χ4v) is 0.621. The summed E-state index contributed by atoms with van der Waals surface area (Å²) in [4.78, 5) is 10.7. The lowest BCUT2D eigenvalue weighted by molar-refractivity contribution is -0.119. The lowest BCUT2D eigenvalue weighted by atomic mass is 10.2. The SMILES string of the molecule is C=CCC(=O)CCOCC(F)F. The summed E-state index contributed by atoms with van der Waals surface area (Å²) in [5, 5.41) is 0. The van der Waals surface area contributed by atoms with Gasteiger partial charge >= 0.3 is 0 Å². The molecule has 0 aromatic carbocycles. The van der Waals surface area contributed by atoms with Gasteiger partial charge in [0.25, 0.3) is 6.43 Å². The van der Waals surface area contributed by atoms with Crippen molar-refractivity contribution in [1.29, 1.82) is 0 Å². The highest BCUT2D eigenvalue weighted by molar-refractivity contribution is 5.79. The van der Waals surface area contributed by atoms with E-state index in [1.807, 2.05) is 0 Å². The zero-order valence-electron chi connectivity index (χ0n) is 6.76. The van der Waals surface area contributed by atoms with Gasteiger partial charge in [0.2, 0.25) is 0 Å². The summed E-state index contributed by atoms with van der Waals surface area (Å²) < 4.78 is 27.5. The second-order valence-electron chi connectivity index (χ2n) is 2.25. The van der Waals surface area contributed by atoms with Crippen molar-refractivity contribution in [3.63, 3.8) is 0 Å². The number of Topliss-reactive ketones (excluding diaryl/α,β-unsaturated/α-hetero) is 1. The van der Waals surface area contributed by atoms with E-state index in [1.54, 1.807) is 0 Å². The molecule has 0 unspecified atom stereocenters. The van der Waals surface area contributed by atoms with Crippen molar-refractivity contribution in [2.45, 2.75) is 19.3 Å². The minimum Gasteiger partial charge on any atom is -0.375 e. The van der Waals surface area contributed by atoms with Gasteiger partial charge < -0.3 is 4.74 Å². The summed E-state index contributed by atoms with van der Waals surface area (Å²) in [5.41, 5.74) is 0. The highest BCUT2D eigenvalue weighted by Gasteiger charge is 2.03. The molecular weight excluding hydrogens is 166 g/mol. The van der Waals surface area contributed by atoms with Gasteiger partial charge in [-0.15, -0.1) is 6.58 Å². The maximum absolute atomic E-state index is 11.5. The number of ether oxygens (including phenoxy) is 1. The van der Waals surface area contributed by atoms with Crippen LogP contribution in [0.15, 0.2) is 12.7 Å². The van der Waals surface area contributed by atoms with E-state index in [1.165, 1.54) is 6.08 Å². The molecule has 70 valence electrons. The molecule has 0 aromatic heterocycles. The number of carbonyl (C=O) groups excluding carboxylic acids is 1. The summed E-state index contributed by atoms with van der Waals surface area (Å²) in [6.45, 7) is 2.85. The number of hydrogen-bond acceptors (Lipinski definition) is 2. The summed E-state index contributed by atoms with van der Waals surface area (Å²) in [6.07, 6.45) is -0.522. The van der Waals surface area contributed by atoms with Crippen LogP contribution in [0, 0.1) is 0 Å². The van der Waals surface area contributed by atoms with Gasteiger partial charge in [0.1, 0.15) is 12.4 Å². The van der Waals surface area contributed by atoms with E-state index in [0.29, 0.717) is 0 Å². The Morgan fingerprint density at radius 2 is 2.25 bits per heavy atom. The number of ketones is 1.